The molecular formula is C28H26F2N3O4. The summed E-state index contributed by atoms with van der Waals surface area (Å²) in [5, 5.41) is 8.52. The molecule has 37 heavy (non-hydrogen) atoms. The molecule has 0 amide bonds. The maximum atomic E-state index is 14.6. The maximum absolute atomic E-state index is 14.6. The van der Waals surface area contributed by atoms with Crippen LogP contribution in [-0.2, 0) is 15.6 Å². The maximum Gasteiger partial charge on any atom is 0.426 e. The molecule has 3 aromatic carbocycles. The Morgan fingerprint density at radius 1 is 1.05 bits per heavy atom. The van der Waals surface area contributed by atoms with Crippen molar-refractivity contribution in [2.24, 2.45) is 0 Å². The van der Waals surface area contributed by atoms with E-state index in [1.54, 1.807) is 18.2 Å². The van der Waals surface area contributed by atoms with Crippen LogP contribution in [0.15, 0.2) is 72.8 Å². The van der Waals surface area contributed by atoms with E-state index >= 15 is 0 Å². The van der Waals surface area contributed by atoms with E-state index in [-0.39, 0.29) is 36.9 Å². The van der Waals surface area contributed by atoms with Gasteiger partial charge in [0.2, 0.25) is 0 Å². The van der Waals surface area contributed by atoms with Crippen LogP contribution in [0.2, 0.25) is 0 Å². The Kier molecular flexibility index (Phi) is 9.05. The zero-order chi connectivity index (χ0) is 26.8. The Bertz CT molecular complexity index is 1270. The first kappa shape index (κ1) is 27.0. The normalized spacial score (nSPS) is 12.1. The largest absolute Gasteiger partial charge is 0.493 e. The van der Waals surface area contributed by atoms with E-state index < -0.39 is 12.1 Å². The van der Waals surface area contributed by atoms with Crippen LogP contribution in [-0.4, -0.2) is 19.2 Å². The standard InChI is InChI=1S/C28H26F2N3O4/c1-19(25-13-8-22(32)17-26(25)33)18-36-27(34)14-5-20-3-9-24(10-4-20)37-28(29,30)21-6-11-23(12-7-21)35-16-2-15-31/h3-14,17,19H,1-2,16,18,32-33H2/b14-5+. The molecule has 0 bridgehead atoms. The summed E-state index contributed by atoms with van der Waals surface area (Å²) in [6, 6.07) is 17.9. The van der Waals surface area contributed by atoms with Gasteiger partial charge >= 0.3 is 12.1 Å². The molecule has 0 aliphatic rings. The summed E-state index contributed by atoms with van der Waals surface area (Å²) in [5.74, 6) is -0.637. The second kappa shape index (κ2) is 12.4. The highest BCUT2D eigenvalue weighted by Crippen LogP contribution is 2.32. The van der Waals surface area contributed by atoms with E-state index in [4.69, 9.17) is 30.9 Å². The van der Waals surface area contributed by atoms with Gasteiger partial charge < -0.3 is 25.7 Å². The lowest BCUT2D eigenvalue weighted by atomic mass is 10.00. The Balaban J connectivity index is 1.51. The summed E-state index contributed by atoms with van der Waals surface area (Å²) in [6.45, 7) is 4.15. The number of nitrogens with two attached hydrogens (primary N) is 2. The summed E-state index contributed by atoms with van der Waals surface area (Å²) >= 11 is 0. The molecule has 0 heterocycles. The highest BCUT2D eigenvalue weighted by molar-refractivity contribution is 5.87. The highest BCUT2D eigenvalue weighted by atomic mass is 19.3. The predicted octanol–water partition coefficient (Wildman–Crippen LogP) is 5.45. The lowest BCUT2D eigenvalue weighted by molar-refractivity contribution is -0.185. The monoisotopic (exact) mass is 506 g/mol. The highest BCUT2D eigenvalue weighted by Gasteiger charge is 2.34. The Morgan fingerprint density at radius 3 is 2.38 bits per heavy atom. The number of nitrogen functional groups attached to an aromatic ring is 2. The van der Waals surface area contributed by atoms with Gasteiger partial charge in [0.15, 0.2) is 0 Å². The first-order chi connectivity index (χ1) is 17.7. The minimum absolute atomic E-state index is 0.0200. The van der Waals surface area contributed by atoms with Crippen molar-refractivity contribution in [3.8, 4) is 17.6 Å². The van der Waals surface area contributed by atoms with Crippen LogP contribution in [0.1, 0.15) is 29.0 Å². The van der Waals surface area contributed by atoms with Crippen LogP contribution in [0, 0.1) is 18.3 Å². The Hall–Kier alpha value is -4.58. The number of ether oxygens (including phenoxy) is 3. The van der Waals surface area contributed by atoms with Crippen LogP contribution in [0.3, 0.4) is 0 Å². The molecule has 1 unspecified atom stereocenters. The first-order valence-corrected chi connectivity index (χ1v) is 11.3. The van der Waals surface area contributed by atoms with Crippen LogP contribution in [0.5, 0.6) is 11.5 Å². The van der Waals surface area contributed by atoms with E-state index in [0.29, 0.717) is 22.7 Å². The molecule has 0 fully saturated rings. The van der Waals surface area contributed by atoms with E-state index in [1.807, 2.05) is 6.07 Å². The van der Waals surface area contributed by atoms with Gasteiger partial charge in [-0.25, -0.2) is 4.79 Å². The van der Waals surface area contributed by atoms with Gasteiger partial charge in [-0.1, -0.05) is 18.2 Å². The number of nitrogens with zero attached hydrogens (tertiary/aromatic N) is 1. The summed E-state index contributed by atoms with van der Waals surface area (Å²) in [7, 11) is 0. The molecule has 0 aromatic heterocycles. The smallest absolute Gasteiger partial charge is 0.426 e. The zero-order valence-corrected chi connectivity index (χ0v) is 19.9. The SMILES string of the molecule is [CH2]C(COC(=O)/C=C/c1ccc(OC(F)(F)c2ccc(OCCC#N)cc2)cc1)c1ccc(N)cc1N. The van der Waals surface area contributed by atoms with Crippen molar-refractivity contribution in [3.05, 3.63) is 96.4 Å². The van der Waals surface area contributed by atoms with Gasteiger partial charge in [-0.2, -0.15) is 14.0 Å². The van der Waals surface area contributed by atoms with Gasteiger partial charge in [0.25, 0.3) is 0 Å². The second-order valence-electron chi connectivity index (χ2n) is 8.02. The fraction of sp³-hybridized carbons (Fsp3) is 0.179. The summed E-state index contributed by atoms with van der Waals surface area (Å²) in [4.78, 5) is 12.1. The van der Waals surface area contributed by atoms with E-state index in [1.165, 1.54) is 60.7 Å². The topological polar surface area (TPSA) is 121 Å². The molecule has 7 nitrogen and oxygen atoms in total. The van der Waals surface area contributed by atoms with Crippen molar-refractivity contribution in [2.45, 2.75) is 18.4 Å². The number of carbonyl (C=O) groups is 1. The van der Waals surface area contributed by atoms with Crippen molar-refractivity contribution >= 4 is 23.4 Å². The average molecular weight is 507 g/mol. The van der Waals surface area contributed by atoms with Gasteiger partial charge in [0.1, 0.15) is 18.1 Å². The third kappa shape index (κ3) is 7.97. The molecule has 0 aliphatic heterocycles. The predicted molar refractivity (Wildman–Crippen MR) is 136 cm³/mol. The molecule has 0 saturated heterocycles. The van der Waals surface area contributed by atoms with Gasteiger partial charge in [0, 0.05) is 23.4 Å². The van der Waals surface area contributed by atoms with Crippen LogP contribution < -0.4 is 20.9 Å². The molecule has 0 saturated carbocycles. The molecule has 1 atom stereocenters. The second-order valence-corrected chi connectivity index (χ2v) is 8.02. The number of carbonyl (C=O) groups excluding carboxylic acids is 1. The average Bonchev–Trinajstić information content (AvgIpc) is 2.87. The quantitative estimate of drug-likeness (QED) is 0.154. The molecule has 0 spiro atoms. The molecule has 3 rings (SSSR count). The van der Waals surface area contributed by atoms with Crippen molar-refractivity contribution in [2.75, 3.05) is 24.7 Å². The van der Waals surface area contributed by atoms with Crippen molar-refractivity contribution in [1.29, 1.82) is 5.26 Å². The van der Waals surface area contributed by atoms with Crippen LogP contribution in [0.4, 0.5) is 20.2 Å². The minimum Gasteiger partial charge on any atom is -0.493 e. The molecule has 191 valence electrons. The fourth-order valence-electron chi connectivity index (χ4n) is 3.26. The minimum atomic E-state index is -3.58. The third-order valence-corrected chi connectivity index (χ3v) is 5.19. The van der Waals surface area contributed by atoms with Crippen molar-refractivity contribution in [1.82, 2.24) is 0 Å². The third-order valence-electron chi connectivity index (χ3n) is 5.19. The molecule has 9 heteroatoms. The number of hydrogen-bond donors (Lipinski definition) is 2. The number of alkyl halides is 2. The van der Waals surface area contributed by atoms with Gasteiger partial charge in [-0.15, -0.1) is 0 Å². The van der Waals surface area contributed by atoms with Gasteiger partial charge in [-0.3, -0.25) is 0 Å². The number of anilines is 2. The van der Waals surface area contributed by atoms with Crippen LogP contribution >= 0.6 is 0 Å². The number of rotatable bonds is 11. The number of benzene rings is 3. The number of hydrogen-bond acceptors (Lipinski definition) is 7. The zero-order valence-electron chi connectivity index (χ0n) is 19.9. The summed E-state index contributed by atoms with van der Waals surface area (Å²) in [6.07, 6.45) is -0.663. The van der Waals surface area contributed by atoms with Crippen LogP contribution in [0.25, 0.3) is 6.08 Å². The van der Waals surface area contributed by atoms with Gasteiger partial charge in [0.05, 0.1) is 24.7 Å². The number of halogens is 2. The van der Waals surface area contributed by atoms with Crippen molar-refractivity contribution < 1.29 is 27.8 Å². The molecule has 0 aliphatic carbocycles. The Labute approximate surface area is 213 Å². The molecule has 1 radical (unpaired) electrons. The first-order valence-electron chi connectivity index (χ1n) is 11.3. The lowest BCUT2D eigenvalue weighted by Gasteiger charge is -2.18. The van der Waals surface area contributed by atoms with E-state index in [0.717, 1.165) is 5.56 Å². The van der Waals surface area contributed by atoms with E-state index in [2.05, 4.69) is 6.92 Å². The summed E-state index contributed by atoms with van der Waals surface area (Å²) in [5.41, 5.74) is 13.6. The summed E-state index contributed by atoms with van der Waals surface area (Å²) < 4.78 is 44.5. The fourth-order valence-corrected chi connectivity index (χ4v) is 3.26. The molecular weight excluding hydrogens is 480 g/mol. The Morgan fingerprint density at radius 2 is 1.73 bits per heavy atom. The lowest BCUT2D eigenvalue weighted by Crippen LogP contribution is -2.21. The molecule has 4 N–H and O–H groups in total. The number of esters is 1. The van der Waals surface area contributed by atoms with E-state index in [9.17, 15) is 13.6 Å². The van der Waals surface area contributed by atoms with Crippen molar-refractivity contribution in [3.63, 3.8) is 0 Å². The van der Waals surface area contributed by atoms with Gasteiger partial charge in [-0.05, 0) is 72.7 Å². The molecule has 3 aromatic rings. The number of nitriles is 1.